The highest BCUT2D eigenvalue weighted by Crippen LogP contribution is 2.52. The van der Waals surface area contributed by atoms with Gasteiger partial charge in [0, 0.05) is 29.8 Å². The molecule has 10 nitrogen and oxygen atoms in total. The van der Waals surface area contributed by atoms with Crippen molar-refractivity contribution >= 4 is 51.1 Å². The Labute approximate surface area is 214 Å². The second kappa shape index (κ2) is 9.02. The summed E-state index contributed by atoms with van der Waals surface area (Å²) in [7, 11) is 0. The number of carbonyl (C=O) groups is 2. The van der Waals surface area contributed by atoms with Crippen LogP contribution in [0.1, 0.15) is 30.1 Å². The van der Waals surface area contributed by atoms with Gasteiger partial charge in [-0.05, 0) is 37.8 Å². The fourth-order valence-corrected chi connectivity index (χ4v) is 7.11. The minimum Gasteiger partial charge on any atom is -0.456 e. The maximum Gasteiger partial charge on any atom is 0.355 e. The molecule has 0 aliphatic carbocycles. The fourth-order valence-electron chi connectivity index (χ4n) is 5.06. The first-order valence-electron chi connectivity index (χ1n) is 11.3. The zero-order valence-electron chi connectivity index (χ0n) is 20.0. The zero-order chi connectivity index (χ0) is 25.9. The van der Waals surface area contributed by atoms with Gasteiger partial charge in [-0.25, -0.2) is 9.78 Å². The van der Waals surface area contributed by atoms with Gasteiger partial charge < -0.3 is 14.7 Å². The average Bonchev–Trinajstić information content (AvgIpc) is 3.47. The summed E-state index contributed by atoms with van der Waals surface area (Å²) in [6.45, 7) is 5.36. The summed E-state index contributed by atoms with van der Waals surface area (Å²) < 4.78 is 7.57. The number of aliphatic hydroxyl groups is 1. The highest BCUT2D eigenvalue weighted by Gasteiger charge is 2.60. The number of β-lactam (4-membered cyclic amide) rings is 1. The monoisotopic (exact) mass is 528 g/mol. The molecule has 1 saturated heterocycles. The number of hydrogen-bond donors (Lipinski definition) is 1. The highest BCUT2D eigenvalue weighted by atomic mass is 32.2. The van der Waals surface area contributed by atoms with Crippen molar-refractivity contribution in [3.8, 4) is 0 Å². The molecule has 1 fully saturated rings. The Bertz CT molecular complexity index is 1420. The molecule has 1 N–H and O–H groups in total. The molecule has 5 rings (SSSR count). The molecule has 188 valence electrons. The van der Waals surface area contributed by atoms with Gasteiger partial charge in [0.1, 0.15) is 28.0 Å². The van der Waals surface area contributed by atoms with E-state index < -0.39 is 22.9 Å². The largest absolute Gasteiger partial charge is 0.456 e. The van der Waals surface area contributed by atoms with Crippen LogP contribution in [0.3, 0.4) is 0 Å². The van der Waals surface area contributed by atoms with Crippen molar-refractivity contribution in [2.45, 2.75) is 44.5 Å². The van der Waals surface area contributed by atoms with Crippen molar-refractivity contribution in [3.05, 3.63) is 62.5 Å². The first-order valence-corrected chi connectivity index (χ1v) is 13.4. The number of imidazole rings is 1. The van der Waals surface area contributed by atoms with Crippen molar-refractivity contribution in [3.63, 3.8) is 0 Å². The molecule has 1 amide bonds. The molecule has 0 saturated carbocycles. The van der Waals surface area contributed by atoms with Gasteiger partial charge in [-0.3, -0.25) is 19.3 Å². The Morgan fingerprint density at radius 3 is 2.67 bits per heavy atom. The molecule has 0 unspecified atom stereocenters. The van der Waals surface area contributed by atoms with E-state index in [4.69, 9.17) is 4.74 Å². The number of aryl methyl sites for hydroxylation is 1. The molecular formula is C24H24N4O6S2. The number of fused-ring (bicyclic) bond motifs is 2. The number of aliphatic hydroxyl groups excluding tert-OH is 1. The maximum absolute atomic E-state index is 13.4. The van der Waals surface area contributed by atoms with E-state index in [0.29, 0.717) is 11.1 Å². The van der Waals surface area contributed by atoms with Gasteiger partial charge in [0.05, 0.1) is 27.9 Å². The van der Waals surface area contributed by atoms with Gasteiger partial charge >= 0.3 is 5.97 Å². The van der Waals surface area contributed by atoms with E-state index in [-0.39, 0.29) is 35.9 Å². The van der Waals surface area contributed by atoms with Crippen LogP contribution in [0.15, 0.2) is 41.2 Å². The van der Waals surface area contributed by atoms with E-state index in [0.717, 1.165) is 20.6 Å². The molecule has 12 heteroatoms. The Morgan fingerprint density at radius 2 is 2.06 bits per heavy atom. The van der Waals surface area contributed by atoms with Crippen LogP contribution in [-0.4, -0.2) is 54.6 Å². The van der Waals surface area contributed by atoms with Crippen molar-refractivity contribution in [1.29, 1.82) is 0 Å². The third-order valence-electron chi connectivity index (χ3n) is 6.81. The SMILES string of the molecule is CSc1nc(C)n2cc(C3=C(C(=O)OCc4ccc([N+](=O)[O-])cc4)N4C(=O)[C@H]([C@@H](C)O)[C@H]4[C@H]3C)sc12. The van der Waals surface area contributed by atoms with Gasteiger partial charge in [-0.2, -0.15) is 0 Å². The van der Waals surface area contributed by atoms with Crippen molar-refractivity contribution in [1.82, 2.24) is 14.3 Å². The van der Waals surface area contributed by atoms with Crippen LogP contribution in [0.2, 0.25) is 0 Å². The number of aromatic nitrogens is 2. The Morgan fingerprint density at radius 1 is 1.36 bits per heavy atom. The number of rotatable bonds is 7. The number of nitro groups is 1. The van der Waals surface area contributed by atoms with Crippen LogP contribution < -0.4 is 0 Å². The number of non-ortho nitro benzene ring substituents is 1. The molecule has 4 atom stereocenters. The van der Waals surface area contributed by atoms with Crippen LogP contribution in [0.4, 0.5) is 5.69 Å². The first kappa shape index (κ1) is 24.5. The molecule has 0 radical (unpaired) electrons. The van der Waals surface area contributed by atoms with E-state index in [2.05, 4.69) is 4.98 Å². The number of thioether (sulfide) groups is 1. The summed E-state index contributed by atoms with van der Waals surface area (Å²) in [6.07, 6.45) is 3.05. The lowest BCUT2D eigenvalue weighted by Crippen LogP contribution is -2.63. The van der Waals surface area contributed by atoms with Gasteiger partial charge in [0.15, 0.2) is 0 Å². The van der Waals surface area contributed by atoms with Crippen LogP contribution in [0.5, 0.6) is 0 Å². The number of carbonyl (C=O) groups excluding carboxylic acids is 2. The zero-order valence-corrected chi connectivity index (χ0v) is 21.6. The number of ether oxygens (including phenoxy) is 1. The van der Waals surface area contributed by atoms with Crippen molar-refractivity contribution in [2.75, 3.05) is 6.26 Å². The number of hydrogen-bond acceptors (Lipinski definition) is 9. The van der Waals surface area contributed by atoms with Gasteiger partial charge in [-0.1, -0.05) is 6.92 Å². The van der Waals surface area contributed by atoms with Gasteiger partial charge in [0.25, 0.3) is 5.69 Å². The van der Waals surface area contributed by atoms with E-state index in [9.17, 15) is 24.8 Å². The van der Waals surface area contributed by atoms with Gasteiger partial charge in [0.2, 0.25) is 5.91 Å². The molecule has 2 aliphatic heterocycles. The predicted molar refractivity (Wildman–Crippen MR) is 134 cm³/mol. The van der Waals surface area contributed by atoms with Gasteiger partial charge in [-0.15, -0.1) is 23.1 Å². The molecule has 2 aromatic heterocycles. The molecule has 2 aliphatic rings. The summed E-state index contributed by atoms with van der Waals surface area (Å²) in [4.78, 5) is 44.7. The summed E-state index contributed by atoms with van der Waals surface area (Å²) in [6, 6.07) is 5.42. The maximum atomic E-state index is 13.4. The molecular weight excluding hydrogens is 504 g/mol. The lowest BCUT2D eigenvalue weighted by atomic mass is 9.77. The topological polar surface area (TPSA) is 127 Å². The number of esters is 1. The third kappa shape index (κ3) is 3.71. The molecule has 0 spiro atoms. The summed E-state index contributed by atoms with van der Waals surface area (Å²) in [5, 5.41) is 22.0. The minimum absolute atomic E-state index is 0.0543. The normalized spacial score (nSPS) is 22.1. The van der Waals surface area contributed by atoms with Crippen molar-refractivity contribution < 1.29 is 24.4 Å². The third-order valence-corrected chi connectivity index (χ3v) is 8.74. The molecule has 3 aromatic rings. The number of benzene rings is 1. The Kier molecular flexibility index (Phi) is 6.13. The second-order valence-electron chi connectivity index (χ2n) is 8.95. The number of amides is 1. The fraction of sp³-hybridized carbons (Fsp3) is 0.375. The quantitative estimate of drug-likeness (QED) is 0.162. The summed E-state index contributed by atoms with van der Waals surface area (Å²) in [5.41, 5.74) is 1.44. The lowest BCUT2D eigenvalue weighted by Gasteiger charge is -2.46. The van der Waals surface area contributed by atoms with Crippen LogP contribution in [0.25, 0.3) is 10.4 Å². The van der Waals surface area contributed by atoms with E-state index in [1.54, 1.807) is 18.7 Å². The lowest BCUT2D eigenvalue weighted by molar-refractivity contribution is -0.384. The standard InChI is InChI=1S/C24H24N4O6S2/c1-11-17(16-9-26-13(3)25-21(35-4)23(26)36-16)20(27-19(11)18(12(2)29)22(27)30)24(31)34-10-14-5-7-15(8-6-14)28(32)33/h5-9,11-12,18-19,29H,10H2,1-4H3/t11-,12+,18+,19+/m0/s1. The average molecular weight is 529 g/mol. The van der Waals surface area contributed by atoms with E-state index >= 15 is 0 Å². The predicted octanol–water partition coefficient (Wildman–Crippen LogP) is 3.65. The van der Waals surface area contributed by atoms with Crippen molar-refractivity contribution in [2.24, 2.45) is 11.8 Å². The number of nitrogens with zero attached hydrogens (tertiary/aromatic N) is 4. The molecule has 36 heavy (non-hydrogen) atoms. The highest BCUT2D eigenvalue weighted by molar-refractivity contribution is 7.98. The molecule has 4 heterocycles. The van der Waals surface area contributed by atoms with E-state index in [1.807, 2.05) is 30.7 Å². The van der Waals surface area contributed by atoms with Crippen LogP contribution in [-0.2, 0) is 20.9 Å². The summed E-state index contributed by atoms with van der Waals surface area (Å²) in [5.74, 6) is -0.908. The second-order valence-corrected chi connectivity index (χ2v) is 10.8. The number of thiazole rings is 1. The van der Waals surface area contributed by atoms with Crippen LogP contribution >= 0.6 is 23.1 Å². The Hall–Kier alpha value is -3.22. The summed E-state index contributed by atoms with van der Waals surface area (Å²) >= 11 is 3.04. The number of nitro benzene ring substituents is 1. The Balaban J connectivity index is 1.52. The van der Waals surface area contributed by atoms with E-state index in [1.165, 1.54) is 40.5 Å². The van der Waals surface area contributed by atoms with Crippen LogP contribution in [0, 0.1) is 28.9 Å². The molecule has 0 bridgehead atoms. The smallest absolute Gasteiger partial charge is 0.355 e. The minimum atomic E-state index is -0.841. The molecule has 1 aromatic carbocycles. The first-order chi connectivity index (χ1) is 17.1.